The molecule has 9 nitrogen and oxygen atoms in total. The molecule has 1 N–H and O–H groups in total. The Bertz CT molecular complexity index is 780. The van der Waals surface area contributed by atoms with Gasteiger partial charge in [-0.3, -0.25) is 4.79 Å². The minimum atomic E-state index is -0.554. The van der Waals surface area contributed by atoms with Crippen LogP contribution in [0.3, 0.4) is 0 Å². The lowest BCUT2D eigenvalue weighted by atomic mass is 10.2. The molecule has 0 aliphatic rings. The number of methoxy groups -OCH3 is 1. The van der Waals surface area contributed by atoms with Crippen LogP contribution in [0.1, 0.15) is 23.0 Å². The van der Waals surface area contributed by atoms with Gasteiger partial charge in [-0.15, -0.1) is 0 Å². The van der Waals surface area contributed by atoms with E-state index in [1.54, 1.807) is 45.2 Å². The minimum absolute atomic E-state index is 0.220. The van der Waals surface area contributed by atoms with Crippen LogP contribution in [0.5, 0.6) is 5.75 Å². The van der Waals surface area contributed by atoms with Gasteiger partial charge >= 0.3 is 5.82 Å². The fraction of sp³-hybridized carbons (Fsp3) is 0.267. The van der Waals surface area contributed by atoms with Crippen molar-refractivity contribution in [3.05, 3.63) is 51.7 Å². The predicted molar refractivity (Wildman–Crippen MR) is 87.2 cm³/mol. The average Bonchev–Trinajstić information content (AvgIpc) is 2.94. The van der Waals surface area contributed by atoms with Crippen LogP contribution in [-0.2, 0) is 6.54 Å². The van der Waals surface area contributed by atoms with Crippen molar-refractivity contribution in [1.29, 1.82) is 0 Å². The van der Waals surface area contributed by atoms with Crippen molar-refractivity contribution >= 4 is 17.4 Å². The van der Waals surface area contributed by atoms with Gasteiger partial charge in [0.25, 0.3) is 5.91 Å². The molecule has 0 atom stereocenters. The highest BCUT2D eigenvalue weighted by molar-refractivity contribution is 5.95. The number of nitrogens with zero attached hydrogens (tertiary/aromatic N) is 4. The van der Waals surface area contributed by atoms with Crippen molar-refractivity contribution in [2.75, 3.05) is 7.11 Å². The van der Waals surface area contributed by atoms with Gasteiger partial charge in [-0.25, -0.2) is 5.43 Å². The second-order valence-corrected chi connectivity index (χ2v) is 5.08. The van der Waals surface area contributed by atoms with Crippen molar-refractivity contribution in [2.45, 2.75) is 20.4 Å². The maximum atomic E-state index is 12.0. The lowest BCUT2D eigenvalue weighted by Crippen LogP contribution is -2.21. The van der Waals surface area contributed by atoms with Crippen molar-refractivity contribution < 1.29 is 14.5 Å². The number of hydrogen-bond acceptors (Lipinski definition) is 6. The summed E-state index contributed by atoms with van der Waals surface area (Å²) in [6.45, 7) is 3.65. The Morgan fingerprint density at radius 2 is 2.08 bits per heavy atom. The van der Waals surface area contributed by atoms with E-state index in [0.29, 0.717) is 22.7 Å². The Hall–Kier alpha value is -3.23. The largest absolute Gasteiger partial charge is 0.497 e. The van der Waals surface area contributed by atoms with Crippen LogP contribution in [-0.4, -0.2) is 33.4 Å². The molecule has 0 aliphatic heterocycles. The van der Waals surface area contributed by atoms with Crippen LogP contribution >= 0.6 is 0 Å². The molecule has 0 fully saturated rings. The summed E-state index contributed by atoms with van der Waals surface area (Å²) in [5, 5.41) is 18.6. The Morgan fingerprint density at radius 3 is 2.62 bits per heavy atom. The summed E-state index contributed by atoms with van der Waals surface area (Å²) >= 11 is 0. The van der Waals surface area contributed by atoms with E-state index in [-0.39, 0.29) is 18.3 Å². The van der Waals surface area contributed by atoms with Crippen molar-refractivity contribution in [2.24, 2.45) is 5.10 Å². The quantitative estimate of drug-likeness (QED) is 0.494. The molecule has 2 rings (SSSR count). The fourth-order valence-electron chi connectivity index (χ4n) is 1.95. The molecular weight excluding hydrogens is 314 g/mol. The van der Waals surface area contributed by atoms with Gasteiger partial charge in [-0.1, -0.05) is 0 Å². The molecular formula is C15H17N5O4. The van der Waals surface area contributed by atoms with E-state index in [1.165, 1.54) is 10.7 Å². The predicted octanol–water partition coefficient (Wildman–Crippen LogP) is 1.91. The van der Waals surface area contributed by atoms with Crippen molar-refractivity contribution in [3.8, 4) is 5.75 Å². The van der Waals surface area contributed by atoms with Gasteiger partial charge in [0.1, 0.15) is 12.3 Å². The summed E-state index contributed by atoms with van der Waals surface area (Å²) in [6.07, 6.45) is 0. The molecule has 126 valence electrons. The molecule has 1 aromatic carbocycles. The minimum Gasteiger partial charge on any atom is -0.497 e. The monoisotopic (exact) mass is 331 g/mol. The molecule has 0 spiro atoms. The molecule has 2 aromatic rings. The number of hydrogen-bond donors (Lipinski definition) is 1. The van der Waals surface area contributed by atoms with Crippen LogP contribution in [0.15, 0.2) is 35.4 Å². The molecule has 24 heavy (non-hydrogen) atoms. The van der Waals surface area contributed by atoms with E-state index in [0.717, 1.165) is 0 Å². The molecule has 0 bridgehead atoms. The third-order valence-electron chi connectivity index (χ3n) is 3.23. The van der Waals surface area contributed by atoms with Crippen molar-refractivity contribution in [3.63, 3.8) is 0 Å². The van der Waals surface area contributed by atoms with Crippen LogP contribution in [0.2, 0.25) is 0 Å². The number of aromatic nitrogens is 2. The molecule has 1 heterocycles. The zero-order valence-electron chi connectivity index (χ0n) is 13.5. The van der Waals surface area contributed by atoms with Crippen LogP contribution < -0.4 is 10.2 Å². The summed E-state index contributed by atoms with van der Waals surface area (Å²) < 4.78 is 6.48. The first-order valence-electron chi connectivity index (χ1n) is 7.07. The molecule has 0 aliphatic carbocycles. The van der Waals surface area contributed by atoms with Crippen LogP contribution in [0.4, 0.5) is 5.82 Å². The second-order valence-electron chi connectivity index (χ2n) is 5.08. The van der Waals surface area contributed by atoms with Gasteiger partial charge in [-0.2, -0.15) is 9.78 Å². The van der Waals surface area contributed by atoms with E-state index >= 15 is 0 Å². The van der Waals surface area contributed by atoms with E-state index in [9.17, 15) is 14.9 Å². The lowest BCUT2D eigenvalue weighted by Gasteiger charge is -2.04. The number of nitro groups is 1. The maximum absolute atomic E-state index is 12.0. The van der Waals surface area contributed by atoms with E-state index < -0.39 is 4.92 Å². The SMILES string of the molecule is COc1ccc(C(=O)NN=C(C)Cn2nc([N+](=O)[O-])cc2C)cc1. The zero-order valence-corrected chi connectivity index (χ0v) is 13.5. The molecule has 1 amide bonds. The number of aryl methyl sites for hydroxylation is 1. The topological polar surface area (TPSA) is 112 Å². The first-order valence-corrected chi connectivity index (χ1v) is 7.07. The summed E-state index contributed by atoms with van der Waals surface area (Å²) in [5.41, 5.74) is 4.07. The number of nitrogens with one attached hydrogen (secondary N) is 1. The number of carbonyl (C=O) groups is 1. The summed E-state index contributed by atoms with van der Waals surface area (Å²) in [4.78, 5) is 22.1. The van der Waals surface area contributed by atoms with Gasteiger partial charge in [0.05, 0.1) is 29.7 Å². The fourth-order valence-corrected chi connectivity index (χ4v) is 1.95. The van der Waals surface area contributed by atoms with Crippen molar-refractivity contribution in [1.82, 2.24) is 15.2 Å². The summed E-state index contributed by atoms with van der Waals surface area (Å²) in [6, 6.07) is 7.98. The molecule has 9 heteroatoms. The maximum Gasteiger partial charge on any atom is 0.390 e. The Kier molecular flexibility index (Phi) is 5.25. The Labute approximate surface area is 138 Å². The van der Waals surface area contributed by atoms with Gasteiger partial charge < -0.3 is 14.9 Å². The zero-order chi connectivity index (χ0) is 17.7. The molecule has 0 saturated heterocycles. The number of amides is 1. The number of hydrazone groups is 1. The molecule has 1 aromatic heterocycles. The van der Waals surface area contributed by atoms with Gasteiger partial charge in [0.15, 0.2) is 0 Å². The highest BCUT2D eigenvalue weighted by Crippen LogP contribution is 2.12. The highest BCUT2D eigenvalue weighted by atomic mass is 16.6. The van der Waals surface area contributed by atoms with Crippen LogP contribution in [0.25, 0.3) is 0 Å². The molecule has 0 unspecified atom stereocenters. The van der Waals surface area contributed by atoms with Crippen LogP contribution in [0, 0.1) is 17.0 Å². The van der Waals surface area contributed by atoms with Gasteiger partial charge in [0, 0.05) is 5.56 Å². The normalized spacial score (nSPS) is 11.2. The van der Waals surface area contributed by atoms with Gasteiger partial charge in [-0.05, 0) is 43.0 Å². The third kappa shape index (κ3) is 4.15. The Balaban J connectivity index is 2.00. The first kappa shape index (κ1) is 17.1. The highest BCUT2D eigenvalue weighted by Gasteiger charge is 2.15. The number of ether oxygens (including phenoxy) is 1. The summed E-state index contributed by atoms with van der Waals surface area (Å²) in [7, 11) is 1.55. The smallest absolute Gasteiger partial charge is 0.390 e. The second kappa shape index (κ2) is 7.36. The van der Waals surface area contributed by atoms with E-state index in [4.69, 9.17) is 4.74 Å². The average molecular weight is 331 g/mol. The molecule has 0 radical (unpaired) electrons. The third-order valence-corrected chi connectivity index (χ3v) is 3.23. The number of benzene rings is 1. The number of rotatable bonds is 6. The van der Waals surface area contributed by atoms with Gasteiger partial charge in [0.2, 0.25) is 0 Å². The van der Waals surface area contributed by atoms with E-state index in [2.05, 4.69) is 15.6 Å². The first-order chi connectivity index (χ1) is 11.4. The number of carbonyl (C=O) groups excluding carboxylic acids is 1. The van der Waals surface area contributed by atoms with E-state index in [1.807, 2.05) is 0 Å². The lowest BCUT2D eigenvalue weighted by molar-refractivity contribution is -0.389. The standard InChI is InChI=1S/C15H17N5O4/c1-10(9-19-11(2)8-14(18-19)20(22)23)16-17-15(21)12-4-6-13(24-3)7-5-12/h4-8H,9H2,1-3H3,(H,17,21). The Morgan fingerprint density at radius 1 is 1.42 bits per heavy atom. The molecule has 0 saturated carbocycles. The summed E-state index contributed by atoms with van der Waals surface area (Å²) in [5.74, 6) is 0.0738.